The van der Waals surface area contributed by atoms with Gasteiger partial charge in [-0.1, -0.05) is 0 Å². The summed E-state index contributed by atoms with van der Waals surface area (Å²) >= 11 is 1.48. The average Bonchev–Trinajstić information content (AvgIpc) is 3.30. The first-order valence-electron chi connectivity index (χ1n) is 7.62. The minimum atomic E-state index is -1.21. The molecule has 0 bridgehead atoms. The fourth-order valence-electron chi connectivity index (χ4n) is 2.63. The minimum Gasteiger partial charge on any atom is -0.423 e. The highest BCUT2D eigenvalue weighted by Gasteiger charge is 2.26. The average molecular weight is 391 g/mol. The quantitative estimate of drug-likeness (QED) is 0.740. The Morgan fingerprint density at radius 1 is 1.31 bits per heavy atom. The molecule has 0 spiro atoms. The Balaban J connectivity index is 1.68. The van der Waals surface area contributed by atoms with Gasteiger partial charge in [-0.2, -0.15) is 0 Å². The smallest absolute Gasteiger partial charge is 0.247 e. The molecule has 2 unspecified atom stereocenters. The highest BCUT2D eigenvalue weighted by Crippen LogP contribution is 2.34. The third-order valence-electron chi connectivity index (χ3n) is 4.00. The first-order chi connectivity index (χ1) is 12.5. The fraction of sp³-hybridized carbons (Fsp3) is 0.188. The van der Waals surface area contributed by atoms with E-state index in [0.717, 1.165) is 10.4 Å². The van der Waals surface area contributed by atoms with Crippen molar-refractivity contribution in [3.05, 3.63) is 46.7 Å². The largest absolute Gasteiger partial charge is 0.423 e. The van der Waals surface area contributed by atoms with Crippen LogP contribution in [0.4, 0.5) is 4.39 Å². The molecule has 4 rings (SSSR count). The first-order valence-corrected chi connectivity index (χ1v) is 9.78. The van der Waals surface area contributed by atoms with Gasteiger partial charge < -0.3 is 10.2 Å². The van der Waals surface area contributed by atoms with Gasteiger partial charge in [-0.15, -0.1) is 21.5 Å². The summed E-state index contributed by atoms with van der Waals surface area (Å²) in [6.07, 6.45) is 1.20. The standard InChI is InChI=1S/C16H14FN5O2S2/c1-22-16(18)20-13(7-26(22)23)14-5-11(6-25-14)9-2-10(4-12(17)3-9)15-21-19-8-24-15/h2-6,8,13H,7H2,1H3,(H2,18,20). The Morgan fingerprint density at radius 3 is 2.85 bits per heavy atom. The number of halogens is 1. The van der Waals surface area contributed by atoms with Crippen molar-refractivity contribution < 1.29 is 13.0 Å². The molecule has 1 aromatic carbocycles. The van der Waals surface area contributed by atoms with Gasteiger partial charge in [0.15, 0.2) is 0 Å². The van der Waals surface area contributed by atoms with Crippen molar-refractivity contribution in [2.75, 3.05) is 12.8 Å². The van der Waals surface area contributed by atoms with E-state index >= 15 is 0 Å². The summed E-state index contributed by atoms with van der Waals surface area (Å²) < 4.78 is 32.7. The van der Waals surface area contributed by atoms with Gasteiger partial charge in [-0.05, 0) is 40.8 Å². The van der Waals surface area contributed by atoms with Crippen LogP contribution in [0, 0.1) is 5.82 Å². The molecule has 2 N–H and O–H groups in total. The Morgan fingerprint density at radius 2 is 2.12 bits per heavy atom. The Kier molecular flexibility index (Phi) is 4.29. The van der Waals surface area contributed by atoms with Gasteiger partial charge in [0.05, 0.1) is 5.75 Å². The molecule has 7 nitrogen and oxygen atoms in total. The maximum Gasteiger partial charge on any atom is 0.247 e. The number of nitrogens with zero attached hydrogens (tertiary/aromatic N) is 4. The summed E-state index contributed by atoms with van der Waals surface area (Å²) in [5.74, 6) is 0.474. The van der Waals surface area contributed by atoms with Crippen molar-refractivity contribution in [1.82, 2.24) is 14.5 Å². The van der Waals surface area contributed by atoms with Crippen LogP contribution in [0.25, 0.3) is 22.6 Å². The van der Waals surface area contributed by atoms with Crippen LogP contribution in [0.1, 0.15) is 10.9 Å². The zero-order valence-electron chi connectivity index (χ0n) is 13.6. The van der Waals surface area contributed by atoms with Crippen LogP contribution in [0.2, 0.25) is 0 Å². The van der Waals surface area contributed by atoms with Gasteiger partial charge in [0, 0.05) is 17.5 Å². The number of nitrogens with two attached hydrogens (primary N) is 1. The van der Waals surface area contributed by atoms with Gasteiger partial charge >= 0.3 is 0 Å². The lowest BCUT2D eigenvalue weighted by Gasteiger charge is -2.25. The summed E-state index contributed by atoms with van der Waals surface area (Å²) in [6, 6.07) is 6.22. The number of aromatic nitrogens is 2. The van der Waals surface area contributed by atoms with Crippen LogP contribution in [-0.2, 0) is 11.0 Å². The molecule has 3 heterocycles. The molecule has 26 heavy (non-hydrogen) atoms. The molecule has 10 heteroatoms. The number of thiophene rings is 1. The molecule has 0 saturated heterocycles. The van der Waals surface area contributed by atoms with E-state index in [1.54, 1.807) is 13.1 Å². The zero-order chi connectivity index (χ0) is 18.3. The second-order valence-corrected chi connectivity index (χ2v) is 8.17. The summed E-state index contributed by atoms with van der Waals surface area (Å²) in [5.41, 5.74) is 7.85. The summed E-state index contributed by atoms with van der Waals surface area (Å²) in [5, 5.41) is 9.35. The van der Waals surface area contributed by atoms with Crippen LogP contribution in [0.15, 0.2) is 45.4 Å². The van der Waals surface area contributed by atoms with Gasteiger partial charge in [0.2, 0.25) is 18.2 Å². The SMILES string of the molecule is CN1C(N)=NC(c2cc(-c3cc(F)cc(-c4nnco4)c3)cs2)CS1=O. The molecule has 1 aliphatic rings. The highest BCUT2D eigenvalue weighted by molar-refractivity contribution is 7.83. The summed E-state index contributed by atoms with van der Waals surface area (Å²) in [4.78, 5) is 5.32. The van der Waals surface area contributed by atoms with E-state index in [2.05, 4.69) is 15.2 Å². The van der Waals surface area contributed by atoms with Gasteiger partial charge in [0.1, 0.15) is 22.8 Å². The second kappa shape index (κ2) is 6.61. The molecule has 134 valence electrons. The van der Waals surface area contributed by atoms with Crippen molar-refractivity contribution in [3.63, 3.8) is 0 Å². The fourth-order valence-corrected chi connectivity index (χ4v) is 4.70. The minimum absolute atomic E-state index is 0.249. The summed E-state index contributed by atoms with van der Waals surface area (Å²) in [6.45, 7) is 0. The highest BCUT2D eigenvalue weighted by atomic mass is 32.2. The molecule has 2 aromatic heterocycles. The molecule has 3 aromatic rings. The maximum absolute atomic E-state index is 14.0. The van der Waals surface area contributed by atoms with Gasteiger partial charge in [0.25, 0.3) is 0 Å². The topological polar surface area (TPSA) is 97.6 Å². The third-order valence-corrected chi connectivity index (χ3v) is 6.44. The lowest BCUT2D eigenvalue weighted by atomic mass is 10.0. The van der Waals surface area contributed by atoms with Gasteiger partial charge in [-0.25, -0.2) is 13.6 Å². The zero-order valence-corrected chi connectivity index (χ0v) is 15.3. The molecule has 2 atom stereocenters. The molecule has 0 amide bonds. The Hall–Kier alpha value is -2.59. The molecule has 0 radical (unpaired) electrons. The van der Waals surface area contributed by atoms with E-state index in [-0.39, 0.29) is 17.9 Å². The van der Waals surface area contributed by atoms with Crippen LogP contribution in [-0.4, -0.2) is 37.5 Å². The van der Waals surface area contributed by atoms with E-state index in [0.29, 0.717) is 16.9 Å². The van der Waals surface area contributed by atoms with Crippen molar-refractivity contribution >= 4 is 28.3 Å². The lowest BCUT2D eigenvalue weighted by Crippen LogP contribution is -2.41. The van der Waals surface area contributed by atoms with Crippen molar-refractivity contribution in [1.29, 1.82) is 0 Å². The van der Waals surface area contributed by atoms with Crippen molar-refractivity contribution in [3.8, 4) is 22.6 Å². The van der Waals surface area contributed by atoms with E-state index in [1.807, 2.05) is 11.4 Å². The number of hydrogen-bond donors (Lipinski definition) is 1. The van der Waals surface area contributed by atoms with E-state index in [4.69, 9.17) is 10.2 Å². The van der Waals surface area contributed by atoms with Crippen molar-refractivity contribution in [2.24, 2.45) is 10.7 Å². The molecule has 1 aliphatic heterocycles. The molecular formula is C16H14FN5O2S2. The monoisotopic (exact) mass is 391 g/mol. The van der Waals surface area contributed by atoms with Crippen LogP contribution >= 0.6 is 11.3 Å². The van der Waals surface area contributed by atoms with E-state index < -0.39 is 16.8 Å². The van der Waals surface area contributed by atoms with E-state index in [9.17, 15) is 8.60 Å². The Labute approximate surface area is 155 Å². The van der Waals surface area contributed by atoms with Gasteiger partial charge in [-0.3, -0.25) is 4.31 Å². The second-order valence-electron chi connectivity index (χ2n) is 5.70. The molecule has 0 saturated carbocycles. The first kappa shape index (κ1) is 16.9. The molecule has 0 aliphatic carbocycles. The normalized spacial score (nSPS) is 20.2. The Bertz CT molecular complexity index is 1000. The third kappa shape index (κ3) is 3.13. The van der Waals surface area contributed by atoms with E-state index in [1.165, 1.54) is 34.2 Å². The predicted octanol–water partition coefficient (Wildman–Crippen LogP) is 2.57. The molecular weight excluding hydrogens is 377 g/mol. The predicted molar refractivity (Wildman–Crippen MR) is 98.1 cm³/mol. The number of aliphatic imine (C=N–C) groups is 1. The maximum atomic E-state index is 14.0. The summed E-state index contributed by atoms with van der Waals surface area (Å²) in [7, 11) is 0.438. The van der Waals surface area contributed by atoms with Crippen LogP contribution in [0.5, 0.6) is 0 Å². The van der Waals surface area contributed by atoms with Crippen LogP contribution in [0.3, 0.4) is 0 Å². The number of rotatable bonds is 3. The number of hydrogen-bond acceptors (Lipinski definition) is 7. The number of benzene rings is 1. The van der Waals surface area contributed by atoms with Crippen molar-refractivity contribution in [2.45, 2.75) is 6.04 Å². The van der Waals surface area contributed by atoms with Crippen LogP contribution < -0.4 is 5.73 Å². The lowest BCUT2D eigenvalue weighted by molar-refractivity contribution is 0.567. The molecule has 0 fully saturated rings. The number of guanidine groups is 1.